The van der Waals surface area contributed by atoms with Crippen LogP contribution in [0.1, 0.15) is 41.7 Å². The van der Waals surface area contributed by atoms with Gasteiger partial charge in [-0.2, -0.15) is 9.90 Å². The largest absolute Gasteiger partial charge is 0.454 e. The summed E-state index contributed by atoms with van der Waals surface area (Å²) in [6.45, 7) is 0.755. The summed E-state index contributed by atoms with van der Waals surface area (Å²) < 4.78 is 10.9. The molecule has 0 unspecified atom stereocenters. The van der Waals surface area contributed by atoms with E-state index in [-0.39, 0.29) is 18.7 Å². The number of amides is 1. The Morgan fingerprint density at radius 1 is 1.07 bits per heavy atom. The van der Waals surface area contributed by atoms with Crippen LogP contribution in [0.2, 0.25) is 0 Å². The van der Waals surface area contributed by atoms with Crippen molar-refractivity contribution in [2.24, 2.45) is 0 Å². The van der Waals surface area contributed by atoms with Gasteiger partial charge in [-0.3, -0.25) is 4.79 Å². The summed E-state index contributed by atoms with van der Waals surface area (Å²) in [5.74, 6) is 1.39. The Morgan fingerprint density at radius 2 is 1.86 bits per heavy atom. The first-order chi connectivity index (χ1) is 14.3. The van der Waals surface area contributed by atoms with Gasteiger partial charge in [0.15, 0.2) is 17.2 Å². The predicted octanol–water partition coefficient (Wildman–Crippen LogP) is 3.58. The standard InChI is InChI=1S/C22H22N4O3/c27-22(19-13-23-26(24-19)18-8-2-1-3-9-18)25(17-6-4-5-7-17)14-16-10-11-20-21(12-16)29-15-28-20/h1-3,8-13,17H,4-7,14-15H2. The van der Waals surface area contributed by atoms with Crippen LogP contribution in [0.5, 0.6) is 11.5 Å². The molecule has 5 rings (SSSR count). The van der Waals surface area contributed by atoms with Gasteiger partial charge in [-0.05, 0) is 42.7 Å². The molecule has 7 heteroatoms. The maximum atomic E-state index is 13.4. The molecule has 3 aromatic rings. The molecule has 0 atom stereocenters. The number of aromatic nitrogens is 3. The lowest BCUT2D eigenvalue weighted by Crippen LogP contribution is -2.38. The molecule has 1 amide bonds. The minimum atomic E-state index is -0.0863. The first-order valence-electron chi connectivity index (χ1n) is 9.95. The van der Waals surface area contributed by atoms with Gasteiger partial charge in [0, 0.05) is 12.6 Å². The van der Waals surface area contributed by atoms with Crippen molar-refractivity contribution >= 4 is 5.91 Å². The van der Waals surface area contributed by atoms with Crippen LogP contribution in [0.3, 0.4) is 0 Å². The number of carbonyl (C=O) groups excluding carboxylic acids is 1. The van der Waals surface area contributed by atoms with E-state index in [4.69, 9.17) is 9.47 Å². The lowest BCUT2D eigenvalue weighted by molar-refractivity contribution is 0.0657. The van der Waals surface area contributed by atoms with Gasteiger partial charge in [-0.1, -0.05) is 37.1 Å². The van der Waals surface area contributed by atoms with E-state index in [2.05, 4.69) is 10.2 Å². The monoisotopic (exact) mass is 390 g/mol. The number of hydrogen-bond donors (Lipinski definition) is 0. The van der Waals surface area contributed by atoms with Gasteiger partial charge in [0.25, 0.3) is 5.91 Å². The third-order valence-electron chi connectivity index (χ3n) is 5.51. The number of carbonyl (C=O) groups is 1. The van der Waals surface area contributed by atoms with Crippen molar-refractivity contribution in [3.8, 4) is 17.2 Å². The fraction of sp³-hybridized carbons (Fsp3) is 0.318. The van der Waals surface area contributed by atoms with E-state index in [0.29, 0.717) is 12.2 Å². The lowest BCUT2D eigenvalue weighted by Gasteiger charge is -2.28. The highest BCUT2D eigenvalue weighted by atomic mass is 16.7. The smallest absolute Gasteiger partial charge is 0.276 e. The average molecular weight is 390 g/mol. The lowest BCUT2D eigenvalue weighted by atomic mass is 10.1. The van der Waals surface area contributed by atoms with Crippen molar-refractivity contribution in [3.63, 3.8) is 0 Å². The van der Waals surface area contributed by atoms with Crippen LogP contribution in [0.15, 0.2) is 54.7 Å². The number of rotatable bonds is 5. The van der Waals surface area contributed by atoms with Crippen LogP contribution in [0.4, 0.5) is 0 Å². The summed E-state index contributed by atoms with van der Waals surface area (Å²) in [5.41, 5.74) is 2.21. The summed E-state index contributed by atoms with van der Waals surface area (Å²) >= 11 is 0. The van der Waals surface area contributed by atoms with Crippen LogP contribution in [0, 0.1) is 0 Å². The van der Waals surface area contributed by atoms with Gasteiger partial charge >= 0.3 is 0 Å². The summed E-state index contributed by atoms with van der Waals surface area (Å²) in [6, 6.07) is 15.7. The molecule has 1 fully saturated rings. The molecule has 0 bridgehead atoms. The summed E-state index contributed by atoms with van der Waals surface area (Å²) in [4.78, 5) is 16.8. The quantitative estimate of drug-likeness (QED) is 0.666. The Morgan fingerprint density at radius 3 is 2.69 bits per heavy atom. The van der Waals surface area contributed by atoms with E-state index < -0.39 is 0 Å². The van der Waals surface area contributed by atoms with Crippen molar-refractivity contribution < 1.29 is 14.3 Å². The Labute approximate surface area is 168 Å². The highest BCUT2D eigenvalue weighted by molar-refractivity contribution is 5.92. The SMILES string of the molecule is O=C(c1cnn(-c2ccccc2)n1)N(Cc1ccc2c(c1)OCO2)C1CCCC1. The summed E-state index contributed by atoms with van der Waals surface area (Å²) in [7, 11) is 0. The Bertz CT molecular complexity index is 1010. The van der Waals surface area contributed by atoms with E-state index in [9.17, 15) is 4.79 Å². The average Bonchev–Trinajstić information content (AvgIpc) is 3.53. The predicted molar refractivity (Wildman–Crippen MR) is 106 cm³/mol. The molecule has 7 nitrogen and oxygen atoms in total. The molecule has 148 valence electrons. The maximum Gasteiger partial charge on any atom is 0.276 e. The number of benzene rings is 2. The van der Waals surface area contributed by atoms with Crippen molar-refractivity contribution in [3.05, 3.63) is 66.0 Å². The number of nitrogens with zero attached hydrogens (tertiary/aromatic N) is 4. The molecule has 0 radical (unpaired) electrons. The van der Waals surface area contributed by atoms with Crippen molar-refractivity contribution in [2.75, 3.05) is 6.79 Å². The zero-order chi connectivity index (χ0) is 19.6. The normalized spacial score (nSPS) is 15.6. The zero-order valence-corrected chi connectivity index (χ0v) is 16.0. The van der Waals surface area contributed by atoms with Gasteiger partial charge in [-0.25, -0.2) is 0 Å². The molecule has 1 aromatic heterocycles. The van der Waals surface area contributed by atoms with E-state index in [0.717, 1.165) is 48.4 Å². The second-order valence-electron chi connectivity index (χ2n) is 7.41. The molecule has 2 aromatic carbocycles. The molecule has 1 aliphatic carbocycles. The number of para-hydroxylation sites is 1. The van der Waals surface area contributed by atoms with E-state index in [1.54, 1.807) is 6.20 Å². The topological polar surface area (TPSA) is 69.5 Å². The van der Waals surface area contributed by atoms with Crippen LogP contribution in [-0.2, 0) is 6.54 Å². The Balaban J connectivity index is 1.41. The van der Waals surface area contributed by atoms with E-state index in [1.165, 1.54) is 4.80 Å². The van der Waals surface area contributed by atoms with Gasteiger partial charge in [-0.15, -0.1) is 5.10 Å². The Hall–Kier alpha value is -3.35. The summed E-state index contributed by atoms with van der Waals surface area (Å²) in [5, 5.41) is 8.73. The molecule has 0 saturated heterocycles. The molecular formula is C22H22N4O3. The third-order valence-corrected chi connectivity index (χ3v) is 5.51. The highest BCUT2D eigenvalue weighted by Gasteiger charge is 2.29. The summed E-state index contributed by atoms with van der Waals surface area (Å²) in [6.07, 6.45) is 5.88. The second kappa shape index (κ2) is 7.58. The van der Waals surface area contributed by atoms with Crippen LogP contribution < -0.4 is 9.47 Å². The van der Waals surface area contributed by atoms with Gasteiger partial charge in [0.1, 0.15) is 0 Å². The fourth-order valence-corrected chi connectivity index (χ4v) is 4.01. The van der Waals surface area contributed by atoms with Crippen molar-refractivity contribution in [2.45, 2.75) is 38.3 Å². The molecule has 0 N–H and O–H groups in total. The first-order valence-corrected chi connectivity index (χ1v) is 9.95. The molecule has 29 heavy (non-hydrogen) atoms. The number of hydrogen-bond acceptors (Lipinski definition) is 5. The molecule has 2 aliphatic rings. The Kier molecular flexibility index (Phi) is 4.63. The molecular weight excluding hydrogens is 368 g/mol. The van der Waals surface area contributed by atoms with Gasteiger partial charge in [0.2, 0.25) is 6.79 Å². The van der Waals surface area contributed by atoms with E-state index >= 15 is 0 Å². The molecule has 2 heterocycles. The highest BCUT2D eigenvalue weighted by Crippen LogP contribution is 2.34. The van der Waals surface area contributed by atoms with Crippen molar-refractivity contribution in [1.82, 2.24) is 19.9 Å². The van der Waals surface area contributed by atoms with E-state index in [1.807, 2.05) is 53.4 Å². The fourth-order valence-electron chi connectivity index (χ4n) is 4.01. The third kappa shape index (κ3) is 3.55. The maximum absolute atomic E-state index is 13.4. The molecule has 1 aliphatic heterocycles. The van der Waals surface area contributed by atoms with Crippen LogP contribution >= 0.6 is 0 Å². The van der Waals surface area contributed by atoms with Gasteiger partial charge < -0.3 is 14.4 Å². The second-order valence-corrected chi connectivity index (χ2v) is 7.41. The van der Waals surface area contributed by atoms with Crippen LogP contribution in [0.25, 0.3) is 5.69 Å². The molecule has 0 spiro atoms. The van der Waals surface area contributed by atoms with Crippen LogP contribution in [-0.4, -0.2) is 38.6 Å². The van der Waals surface area contributed by atoms with Gasteiger partial charge in [0.05, 0.1) is 11.9 Å². The number of ether oxygens (including phenoxy) is 2. The minimum absolute atomic E-state index is 0.0863. The van der Waals surface area contributed by atoms with Crippen molar-refractivity contribution in [1.29, 1.82) is 0 Å². The first kappa shape index (κ1) is 17.7. The minimum Gasteiger partial charge on any atom is -0.454 e. The molecule has 1 saturated carbocycles. The zero-order valence-electron chi connectivity index (χ0n) is 16.0. The number of fused-ring (bicyclic) bond motifs is 1.